The Balaban J connectivity index is 1.69. The second-order valence-corrected chi connectivity index (χ2v) is 9.70. The zero-order valence-electron chi connectivity index (χ0n) is 21.9. The molecule has 2 atom stereocenters. The van der Waals surface area contributed by atoms with Gasteiger partial charge in [-0.1, -0.05) is 17.7 Å². The molecule has 19 heteroatoms. The summed E-state index contributed by atoms with van der Waals surface area (Å²) in [6, 6.07) is -1.88. The van der Waals surface area contributed by atoms with Gasteiger partial charge < -0.3 is 40.5 Å². The first kappa shape index (κ1) is 31.2. The van der Waals surface area contributed by atoms with Crippen LogP contribution in [0.25, 0.3) is 0 Å². The largest absolute Gasteiger partial charge is 0.547 e. The number of carboxylic acids is 1. The van der Waals surface area contributed by atoms with Gasteiger partial charge in [0.25, 0.3) is 0 Å². The summed E-state index contributed by atoms with van der Waals surface area (Å²) in [6.45, 7) is 1.30. The van der Waals surface area contributed by atoms with E-state index >= 15 is 4.39 Å². The van der Waals surface area contributed by atoms with Gasteiger partial charge in [0.1, 0.15) is 23.2 Å². The predicted molar refractivity (Wildman–Crippen MR) is 138 cm³/mol. The minimum atomic E-state index is -2.37. The van der Waals surface area contributed by atoms with Gasteiger partial charge in [-0.2, -0.15) is 4.39 Å². The molecule has 0 bridgehead atoms. The number of carboxylic acid groups (broad SMARTS) is 1. The Morgan fingerprint density at radius 3 is 2.42 bits per heavy atom. The minimum Gasteiger partial charge on any atom is -0.534 e. The molecule has 2 aromatic rings. The van der Waals surface area contributed by atoms with Crippen LogP contribution in [0.2, 0.25) is 5.02 Å². The van der Waals surface area contributed by atoms with Crippen LogP contribution in [-0.2, 0) is 20.8 Å². The Morgan fingerprint density at radius 2 is 1.79 bits per heavy atom. The number of aromatic carboxylic acids is 1. The fraction of sp³-hybridized carbons (Fsp3) is 0.292. The highest BCUT2D eigenvalue weighted by molar-refractivity contribution is 6.47. The topological polar surface area (TPSA) is 206 Å². The number of aromatic hydroxyl groups is 2. The minimum absolute atomic E-state index is 0.0189. The summed E-state index contributed by atoms with van der Waals surface area (Å²) in [5.41, 5.74) is -2.07. The maximum Gasteiger partial charge on any atom is 0.547 e. The Bertz CT molecular complexity index is 1530. The highest BCUT2D eigenvalue weighted by Crippen LogP contribution is 2.42. The third-order valence-electron chi connectivity index (χ3n) is 6.81. The number of urea groups is 1. The van der Waals surface area contributed by atoms with Crippen molar-refractivity contribution in [3.63, 3.8) is 0 Å². The van der Waals surface area contributed by atoms with Crippen LogP contribution in [0.15, 0.2) is 12.1 Å². The van der Waals surface area contributed by atoms with Crippen molar-refractivity contribution in [1.82, 2.24) is 20.4 Å². The molecular formula is C24H21BClF3N4O10. The van der Waals surface area contributed by atoms with Crippen molar-refractivity contribution in [2.45, 2.75) is 25.3 Å². The molecule has 0 aliphatic carbocycles. The highest BCUT2D eigenvalue weighted by atomic mass is 35.5. The summed E-state index contributed by atoms with van der Waals surface area (Å²) in [4.78, 5) is 64.3. The van der Waals surface area contributed by atoms with Crippen molar-refractivity contribution in [1.29, 1.82) is 0 Å². The Hall–Kier alpha value is -4.71. The average molecular weight is 629 g/mol. The zero-order valence-corrected chi connectivity index (χ0v) is 22.6. The molecule has 0 aromatic heterocycles. The number of rotatable bonds is 6. The summed E-state index contributed by atoms with van der Waals surface area (Å²) in [5, 5.41) is 42.5. The number of likely N-dealkylation sites (N-methyl/N-ethyl adjacent to an activating group) is 1. The summed E-state index contributed by atoms with van der Waals surface area (Å²) < 4.78 is 48.7. The van der Waals surface area contributed by atoms with Crippen molar-refractivity contribution < 1.29 is 62.1 Å². The number of phenolic OH excluding ortho intramolecular Hbond substituents is 2. The lowest BCUT2D eigenvalue weighted by Crippen LogP contribution is -2.60. The second kappa shape index (κ2) is 11.9. The van der Waals surface area contributed by atoms with Crippen LogP contribution in [0.5, 0.6) is 17.2 Å². The molecule has 43 heavy (non-hydrogen) atoms. The van der Waals surface area contributed by atoms with Gasteiger partial charge in [0.05, 0.1) is 11.0 Å². The Morgan fingerprint density at radius 1 is 1.12 bits per heavy atom. The van der Waals surface area contributed by atoms with Crippen LogP contribution >= 0.6 is 11.6 Å². The molecule has 2 aromatic carbocycles. The second-order valence-electron chi connectivity index (χ2n) is 9.32. The zero-order chi connectivity index (χ0) is 31.9. The number of nitrogens with one attached hydrogen (secondary N) is 2. The molecule has 2 unspecified atom stereocenters. The van der Waals surface area contributed by atoms with E-state index in [0.717, 1.165) is 17.0 Å². The van der Waals surface area contributed by atoms with Crippen molar-refractivity contribution in [2.75, 3.05) is 19.6 Å². The van der Waals surface area contributed by atoms with Gasteiger partial charge in [0.15, 0.2) is 17.3 Å². The fourth-order valence-electron chi connectivity index (χ4n) is 4.57. The van der Waals surface area contributed by atoms with Gasteiger partial charge in [0.2, 0.25) is 11.7 Å². The van der Waals surface area contributed by atoms with Crippen molar-refractivity contribution in [3.8, 4) is 17.2 Å². The van der Waals surface area contributed by atoms with E-state index in [9.17, 15) is 53.1 Å². The average Bonchev–Trinajstić information content (AvgIpc) is 2.96. The maximum absolute atomic E-state index is 15.1. The number of nitrogens with zero attached hydrogens (tertiary/aromatic N) is 2. The van der Waals surface area contributed by atoms with Gasteiger partial charge in [-0.25, -0.2) is 18.4 Å². The number of hydrogen-bond acceptors (Lipinski definition) is 9. The molecule has 0 radical (unpaired) electrons. The van der Waals surface area contributed by atoms with Crippen LogP contribution in [-0.4, -0.2) is 92.6 Å². The molecule has 4 rings (SSSR count). The van der Waals surface area contributed by atoms with E-state index in [4.69, 9.17) is 16.3 Å². The van der Waals surface area contributed by atoms with Crippen LogP contribution in [0.1, 0.15) is 34.5 Å². The third kappa shape index (κ3) is 5.57. The van der Waals surface area contributed by atoms with Gasteiger partial charge in [-0.3, -0.25) is 19.3 Å². The number of piperazine rings is 1. The van der Waals surface area contributed by atoms with Crippen molar-refractivity contribution >= 4 is 48.4 Å². The molecule has 2 heterocycles. The van der Waals surface area contributed by atoms with Gasteiger partial charge in [-0.05, 0) is 25.0 Å². The quantitative estimate of drug-likeness (QED) is 0.113. The van der Waals surface area contributed by atoms with Crippen molar-refractivity contribution in [3.05, 3.63) is 51.3 Å². The van der Waals surface area contributed by atoms with Gasteiger partial charge in [0, 0.05) is 25.2 Å². The lowest BCUT2D eigenvalue weighted by molar-refractivity contribution is -0.153. The molecule has 5 amide bonds. The third-order valence-corrected chi connectivity index (χ3v) is 7.20. The lowest BCUT2D eigenvalue weighted by atomic mass is 9.72. The fourth-order valence-corrected chi connectivity index (χ4v) is 4.85. The molecule has 228 valence electrons. The van der Waals surface area contributed by atoms with E-state index in [1.54, 1.807) is 6.92 Å². The first-order chi connectivity index (χ1) is 20.2. The summed E-state index contributed by atoms with van der Waals surface area (Å²) in [6.07, 6.45) is -0.388. The van der Waals surface area contributed by atoms with Gasteiger partial charge in [-0.15, -0.1) is 0 Å². The number of phenols is 2. The van der Waals surface area contributed by atoms with Crippen LogP contribution in [0, 0.1) is 17.5 Å². The lowest BCUT2D eigenvalue weighted by Gasteiger charge is -2.33. The highest BCUT2D eigenvalue weighted by Gasteiger charge is 2.43. The van der Waals surface area contributed by atoms with Gasteiger partial charge >= 0.3 is 30.9 Å². The van der Waals surface area contributed by atoms with E-state index in [2.05, 4.69) is 5.32 Å². The van der Waals surface area contributed by atoms with E-state index in [1.165, 1.54) is 0 Å². The summed E-state index contributed by atoms with van der Waals surface area (Å²) in [5.74, 6) is -15.7. The Labute approximate surface area is 244 Å². The molecule has 0 spiro atoms. The Kier molecular flexibility index (Phi) is 8.63. The van der Waals surface area contributed by atoms with E-state index in [-0.39, 0.29) is 31.6 Å². The molecule has 1 fully saturated rings. The SMILES string of the molecule is CCN1CCN(C(=O)NC(C(=O)NC2Cc3ccc(F)c(C(=O)O)c3OB2O)c2c(F)c(F)c(O)c(O)c2Cl)C(=O)C1=O. The molecule has 0 saturated carbocycles. The van der Waals surface area contributed by atoms with E-state index < -0.39 is 99.7 Å². The molecule has 2 aliphatic heterocycles. The predicted octanol–water partition coefficient (Wildman–Crippen LogP) is 0.448. The number of amides is 5. The van der Waals surface area contributed by atoms with E-state index in [1.807, 2.05) is 5.32 Å². The first-order valence-corrected chi connectivity index (χ1v) is 12.8. The molecule has 2 aliphatic rings. The van der Waals surface area contributed by atoms with Crippen LogP contribution < -0.4 is 15.3 Å². The van der Waals surface area contributed by atoms with Crippen LogP contribution in [0.3, 0.4) is 0 Å². The van der Waals surface area contributed by atoms with Crippen molar-refractivity contribution in [2.24, 2.45) is 0 Å². The molecule has 14 nitrogen and oxygen atoms in total. The molecule has 1 saturated heterocycles. The normalized spacial score (nSPS) is 17.3. The summed E-state index contributed by atoms with van der Waals surface area (Å²) in [7, 11) is -2.03. The monoisotopic (exact) mass is 628 g/mol. The molecular weight excluding hydrogens is 608 g/mol. The number of fused-ring (bicyclic) bond motifs is 1. The number of imide groups is 1. The first-order valence-electron chi connectivity index (χ1n) is 12.4. The number of hydrogen-bond donors (Lipinski definition) is 6. The number of carbonyl (C=O) groups excluding carboxylic acids is 4. The number of carbonyl (C=O) groups is 5. The standard InChI is InChI=1S/C24H21BClF3N4O10/c1-2-32-5-6-33(22(38)21(32)37)24(41)31-16(12-13(26)17(34)18(35)15(29)14(12)28)20(36)30-10-7-8-3-4-9(27)11(23(39)40)19(8)43-25(10)42/h3-4,10,16,34-35,42H,2,5-7H2,1H3,(H,30,36)(H,31,41)(H,39,40). The molecule has 6 N–H and O–H groups in total. The number of benzene rings is 2. The summed E-state index contributed by atoms with van der Waals surface area (Å²) >= 11 is 5.92. The number of halogens is 4. The smallest absolute Gasteiger partial charge is 0.534 e. The van der Waals surface area contributed by atoms with Crippen LogP contribution in [0.4, 0.5) is 18.0 Å². The maximum atomic E-state index is 15.1. The van der Waals surface area contributed by atoms with E-state index in [0.29, 0.717) is 4.90 Å².